The first-order valence-electron chi connectivity index (χ1n) is 9.53. The summed E-state index contributed by atoms with van der Waals surface area (Å²) in [5.74, 6) is 2.10. The maximum atomic E-state index is 12.4. The van der Waals surface area contributed by atoms with Gasteiger partial charge < -0.3 is 9.84 Å². The molecule has 6 heteroatoms. The van der Waals surface area contributed by atoms with E-state index in [1.807, 2.05) is 37.3 Å². The second kappa shape index (κ2) is 8.61. The van der Waals surface area contributed by atoms with Crippen LogP contribution in [-0.2, 0) is 17.0 Å². The lowest BCUT2D eigenvalue weighted by Crippen LogP contribution is -2.32. The minimum absolute atomic E-state index is 0.0500. The summed E-state index contributed by atoms with van der Waals surface area (Å²) in [7, 11) is 0. The van der Waals surface area contributed by atoms with E-state index in [-0.39, 0.29) is 11.9 Å². The van der Waals surface area contributed by atoms with Gasteiger partial charge in [-0.25, -0.2) is 0 Å². The molecule has 1 amide bonds. The van der Waals surface area contributed by atoms with Gasteiger partial charge >= 0.3 is 0 Å². The highest BCUT2D eigenvalue weighted by molar-refractivity contribution is 7.99. The lowest BCUT2D eigenvalue weighted by molar-refractivity contribution is -0.119. The van der Waals surface area contributed by atoms with Crippen LogP contribution in [0.15, 0.2) is 53.1 Å². The van der Waals surface area contributed by atoms with E-state index in [1.54, 1.807) is 0 Å². The SMILES string of the molecule is Cc1ccc(-c2nc(CSCC(=O)NC3CCCc4ccccc43)no2)cc1. The average Bonchev–Trinajstić information content (AvgIpc) is 3.18. The summed E-state index contributed by atoms with van der Waals surface area (Å²) in [4.78, 5) is 16.8. The molecule has 1 unspecified atom stereocenters. The highest BCUT2D eigenvalue weighted by Gasteiger charge is 2.21. The van der Waals surface area contributed by atoms with Crippen LogP contribution in [0.3, 0.4) is 0 Å². The summed E-state index contributed by atoms with van der Waals surface area (Å²) in [5.41, 5.74) is 4.70. The third-order valence-electron chi connectivity index (χ3n) is 4.94. The van der Waals surface area contributed by atoms with Crippen molar-refractivity contribution < 1.29 is 9.32 Å². The van der Waals surface area contributed by atoms with Gasteiger partial charge in [0.05, 0.1) is 17.5 Å². The number of aryl methyl sites for hydroxylation is 2. The van der Waals surface area contributed by atoms with Crippen LogP contribution in [0.4, 0.5) is 0 Å². The quantitative estimate of drug-likeness (QED) is 0.669. The van der Waals surface area contributed by atoms with E-state index in [9.17, 15) is 4.79 Å². The normalized spacial score (nSPS) is 15.8. The van der Waals surface area contributed by atoms with E-state index in [0.717, 1.165) is 24.8 Å². The molecule has 0 saturated heterocycles. The van der Waals surface area contributed by atoms with Crippen LogP contribution in [0.5, 0.6) is 0 Å². The molecule has 28 heavy (non-hydrogen) atoms. The molecule has 0 fully saturated rings. The molecule has 1 aliphatic carbocycles. The molecule has 4 rings (SSSR count). The van der Waals surface area contributed by atoms with E-state index >= 15 is 0 Å². The number of fused-ring (bicyclic) bond motifs is 1. The molecule has 1 N–H and O–H groups in total. The average molecular weight is 394 g/mol. The topological polar surface area (TPSA) is 68.0 Å². The summed E-state index contributed by atoms with van der Waals surface area (Å²) < 4.78 is 5.33. The number of aromatic nitrogens is 2. The molecular formula is C22H23N3O2S. The number of rotatable bonds is 6. The van der Waals surface area contributed by atoms with Gasteiger partial charge in [-0.3, -0.25) is 4.79 Å². The minimum Gasteiger partial charge on any atom is -0.349 e. The Morgan fingerprint density at radius 2 is 2.04 bits per heavy atom. The number of benzene rings is 2. The van der Waals surface area contributed by atoms with Crippen molar-refractivity contribution >= 4 is 17.7 Å². The highest BCUT2D eigenvalue weighted by Crippen LogP contribution is 2.29. The van der Waals surface area contributed by atoms with Crippen molar-refractivity contribution in [3.05, 3.63) is 71.0 Å². The lowest BCUT2D eigenvalue weighted by atomic mass is 9.88. The number of hydrogen-bond acceptors (Lipinski definition) is 5. The predicted molar refractivity (Wildman–Crippen MR) is 111 cm³/mol. The van der Waals surface area contributed by atoms with Crippen molar-refractivity contribution in [2.45, 2.75) is 38.0 Å². The van der Waals surface area contributed by atoms with Crippen molar-refractivity contribution in [1.29, 1.82) is 0 Å². The van der Waals surface area contributed by atoms with E-state index in [1.165, 1.54) is 28.5 Å². The molecule has 3 aromatic rings. The molecule has 1 heterocycles. The molecule has 1 aliphatic rings. The van der Waals surface area contributed by atoms with Gasteiger partial charge in [0.2, 0.25) is 5.91 Å². The van der Waals surface area contributed by atoms with Crippen molar-refractivity contribution in [1.82, 2.24) is 15.5 Å². The van der Waals surface area contributed by atoms with Crippen LogP contribution >= 0.6 is 11.8 Å². The Morgan fingerprint density at radius 1 is 1.21 bits per heavy atom. The van der Waals surface area contributed by atoms with Crippen LogP contribution in [0.2, 0.25) is 0 Å². The van der Waals surface area contributed by atoms with Gasteiger partial charge in [-0.1, -0.05) is 47.1 Å². The summed E-state index contributed by atoms with van der Waals surface area (Å²) in [6, 6.07) is 16.5. The summed E-state index contributed by atoms with van der Waals surface area (Å²) in [6.45, 7) is 2.04. The smallest absolute Gasteiger partial charge is 0.257 e. The first-order chi connectivity index (χ1) is 13.7. The summed E-state index contributed by atoms with van der Waals surface area (Å²) in [6.07, 6.45) is 3.20. The van der Waals surface area contributed by atoms with Crippen LogP contribution in [-0.4, -0.2) is 21.8 Å². The second-order valence-corrected chi connectivity index (χ2v) is 8.07. The molecule has 144 valence electrons. The van der Waals surface area contributed by atoms with Gasteiger partial charge in [0.25, 0.3) is 5.89 Å². The monoisotopic (exact) mass is 393 g/mol. The molecular weight excluding hydrogens is 370 g/mol. The van der Waals surface area contributed by atoms with E-state index in [0.29, 0.717) is 23.2 Å². The Bertz CT molecular complexity index is 952. The molecule has 0 spiro atoms. The molecule has 0 aliphatic heterocycles. The fourth-order valence-electron chi connectivity index (χ4n) is 3.50. The van der Waals surface area contributed by atoms with Gasteiger partial charge in [-0.15, -0.1) is 11.8 Å². The largest absolute Gasteiger partial charge is 0.349 e. The molecule has 5 nitrogen and oxygen atoms in total. The molecule has 1 aromatic heterocycles. The van der Waals surface area contributed by atoms with E-state index in [2.05, 4.69) is 33.7 Å². The van der Waals surface area contributed by atoms with Crippen LogP contribution in [0.25, 0.3) is 11.5 Å². The Balaban J connectivity index is 1.28. The Labute approximate surface area is 168 Å². The predicted octanol–water partition coefficient (Wildman–Crippen LogP) is 4.47. The van der Waals surface area contributed by atoms with Gasteiger partial charge in [-0.05, 0) is 49.4 Å². The van der Waals surface area contributed by atoms with E-state index in [4.69, 9.17) is 4.52 Å². The maximum absolute atomic E-state index is 12.4. The zero-order chi connectivity index (χ0) is 19.3. The minimum atomic E-state index is 0.0500. The first-order valence-corrected chi connectivity index (χ1v) is 10.7. The number of hydrogen-bond donors (Lipinski definition) is 1. The van der Waals surface area contributed by atoms with Crippen molar-refractivity contribution in [2.24, 2.45) is 0 Å². The molecule has 0 bridgehead atoms. The van der Waals surface area contributed by atoms with Crippen LogP contribution < -0.4 is 5.32 Å². The Kier molecular flexibility index (Phi) is 5.76. The number of thioether (sulfide) groups is 1. The Hall–Kier alpha value is -2.60. The van der Waals surface area contributed by atoms with Gasteiger partial charge in [0, 0.05) is 5.56 Å². The molecule has 2 aromatic carbocycles. The first kappa shape index (κ1) is 18.7. The zero-order valence-electron chi connectivity index (χ0n) is 15.9. The van der Waals surface area contributed by atoms with Crippen LogP contribution in [0.1, 0.15) is 41.4 Å². The summed E-state index contributed by atoms with van der Waals surface area (Å²) >= 11 is 1.50. The van der Waals surface area contributed by atoms with Gasteiger partial charge in [0.15, 0.2) is 5.82 Å². The molecule has 1 atom stereocenters. The number of amides is 1. The van der Waals surface area contributed by atoms with Crippen LogP contribution in [0, 0.1) is 6.92 Å². The highest BCUT2D eigenvalue weighted by atomic mass is 32.2. The number of carbonyl (C=O) groups is 1. The number of nitrogens with zero attached hydrogens (tertiary/aromatic N) is 2. The zero-order valence-corrected chi connectivity index (χ0v) is 16.7. The molecule has 0 radical (unpaired) electrons. The van der Waals surface area contributed by atoms with Gasteiger partial charge in [0.1, 0.15) is 0 Å². The van der Waals surface area contributed by atoms with Crippen molar-refractivity contribution in [3.63, 3.8) is 0 Å². The number of nitrogens with one attached hydrogen (secondary N) is 1. The van der Waals surface area contributed by atoms with Crippen molar-refractivity contribution in [2.75, 3.05) is 5.75 Å². The third-order valence-corrected chi connectivity index (χ3v) is 5.86. The Morgan fingerprint density at radius 3 is 2.89 bits per heavy atom. The maximum Gasteiger partial charge on any atom is 0.257 e. The third kappa shape index (κ3) is 4.44. The lowest BCUT2D eigenvalue weighted by Gasteiger charge is -2.26. The van der Waals surface area contributed by atoms with Gasteiger partial charge in [-0.2, -0.15) is 4.98 Å². The fourth-order valence-corrected chi connectivity index (χ4v) is 4.17. The molecule has 0 saturated carbocycles. The standard InChI is InChI=1S/C22H23N3O2S/c1-15-9-11-17(12-10-15)22-24-20(25-27-22)13-28-14-21(26)23-19-8-4-6-16-5-2-3-7-18(16)19/h2-3,5,7,9-12,19H,4,6,8,13-14H2,1H3,(H,23,26). The van der Waals surface area contributed by atoms with E-state index < -0.39 is 0 Å². The fraction of sp³-hybridized carbons (Fsp3) is 0.318. The van der Waals surface area contributed by atoms with Crippen molar-refractivity contribution in [3.8, 4) is 11.5 Å². The second-order valence-electron chi connectivity index (χ2n) is 7.09. The summed E-state index contributed by atoms with van der Waals surface area (Å²) in [5, 5.41) is 7.19. The number of carbonyl (C=O) groups excluding carboxylic acids is 1.